The number of aliphatic carboxylic acids is 1. The van der Waals surface area contributed by atoms with Crippen molar-refractivity contribution in [2.45, 2.75) is 12.4 Å². The Bertz CT molecular complexity index is 81.4. The zero-order valence-electron chi connectivity index (χ0n) is 4.46. The molecule has 0 fully saturated rings. The maximum absolute atomic E-state index is 10.1. The van der Waals surface area contributed by atoms with Crippen molar-refractivity contribution in [3.63, 3.8) is 0 Å². The van der Waals surface area contributed by atoms with E-state index in [1.165, 1.54) is 6.92 Å². The molecule has 1 N–H and O–H groups in total. The third-order valence-corrected chi connectivity index (χ3v) is 1.32. The van der Waals surface area contributed by atoms with Crippen molar-refractivity contribution in [1.29, 1.82) is 0 Å². The summed E-state index contributed by atoms with van der Waals surface area (Å²) < 4.78 is 0. The highest BCUT2D eigenvalue weighted by molar-refractivity contribution is 8.00. The van der Waals surface area contributed by atoms with Crippen molar-refractivity contribution in [2.75, 3.05) is 5.75 Å². The normalized spacial score (nSPS) is 13.2. The number of hydrogen-bond acceptors (Lipinski definition) is 2. The highest BCUT2D eigenvalue weighted by Crippen LogP contribution is 2.05. The van der Waals surface area contributed by atoms with E-state index in [0.29, 0.717) is 0 Å². The fraction of sp³-hybridized carbons (Fsp3) is 0.750. The van der Waals surface area contributed by atoms with Crippen molar-refractivity contribution in [1.82, 2.24) is 0 Å². The molecule has 4 heteroatoms. The van der Waals surface area contributed by atoms with E-state index in [9.17, 15) is 9.90 Å². The first kappa shape index (κ1) is 7.78. The Kier molecular flexibility index (Phi) is 3.64. The van der Waals surface area contributed by atoms with Gasteiger partial charge in [0.2, 0.25) is 0 Å². The van der Waals surface area contributed by atoms with E-state index >= 15 is 0 Å². The Balaban J connectivity index is 3.05. The maximum Gasteiger partial charge on any atom is 0.313 e. The standard InChI is InChI=1S/C4H7O3S/c1-3(5)8-2-4(6)7/h3H,2H2,1H3,(H,6,7). The Morgan fingerprint density at radius 1 is 1.88 bits per heavy atom. The lowest BCUT2D eigenvalue weighted by Gasteiger charge is -1.94. The van der Waals surface area contributed by atoms with Gasteiger partial charge in [-0.05, 0) is 6.92 Å². The maximum atomic E-state index is 10.1. The van der Waals surface area contributed by atoms with Gasteiger partial charge in [-0.3, -0.25) is 4.79 Å². The molecule has 1 radical (unpaired) electrons. The van der Waals surface area contributed by atoms with Gasteiger partial charge in [0.15, 0.2) is 0 Å². The highest BCUT2D eigenvalue weighted by Gasteiger charge is 2.01. The van der Waals surface area contributed by atoms with E-state index in [-0.39, 0.29) is 5.75 Å². The van der Waals surface area contributed by atoms with Gasteiger partial charge in [-0.1, -0.05) is 0 Å². The van der Waals surface area contributed by atoms with Gasteiger partial charge in [-0.25, -0.2) is 5.11 Å². The summed E-state index contributed by atoms with van der Waals surface area (Å²) in [6, 6.07) is 0. The van der Waals surface area contributed by atoms with Crippen LogP contribution in [0, 0.1) is 0 Å². The van der Waals surface area contributed by atoms with Gasteiger partial charge in [-0.15, -0.1) is 11.8 Å². The molecule has 0 saturated heterocycles. The van der Waals surface area contributed by atoms with Crippen molar-refractivity contribution in [3.8, 4) is 0 Å². The molecule has 0 amide bonds. The Hall–Kier alpha value is -0.220. The lowest BCUT2D eigenvalue weighted by Crippen LogP contribution is -2.02. The van der Waals surface area contributed by atoms with Crippen LogP contribution in [-0.4, -0.2) is 22.3 Å². The smallest absolute Gasteiger partial charge is 0.313 e. The molecule has 1 atom stereocenters. The summed E-state index contributed by atoms with van der Waals surface area (Å²) in [5.41, 5.74) is -0.828. The fourth-order valence-corrected chi connectivity index (χ4v) is 0.566. The number of carboxylic acid groups (broad SMARTS) is 1. The summed E-state index contributed by atoms with van der Waals surface area (Å²) >= 11 is 0.884. The molecule has 0 rings (SSSR count). The van der Waals surface area contributed by atoms with Crippen LogP contribution >= 0.6 is 11.8 Å². The predicted octanol–water partition coefficient (Wildman–Crippen LogP) is 0.581. The van der Waals surface area contributed by atoms with Gasteiger partial charge in [0.05, 0.1) is 5.75 Å². The number of carbonyl (C=O) groups is 1. The summed E-state index contributed by atoms with van der Waals surface area (Å²) in [6.07, 6.45) is 0. The van der Waals surface area contributed by atoms with Crippen LogP contribution in [0.5, 0.6) is 0 Å². The Morgan fingerprint density at radius 3 is 2.50 bits per heavy atom. The molecule has 8 heavy (non-hydrogen) atoms. The average Bonchev–Trinajstić information content (AvgIpc) is 1.61. The van der Waals surface area contributed by atoms with Crippen LogP contribution in [0.4, 0.5) is 0 Å². The summed E-state index contributed by atoms with van der Waals surface area (Å²) in [5.74, 6) is -1.03. The molecule has 47 valence electrons. The Labute approximate surface area is 51.7 Å². The van der Waals surface area contributed by atoms with Gasteiger partial charge in [0.25, 0.3) is 0 Å². The molecule has 0 bridgehead atoms. The summed E-state index contributed by atoms with van der Waals surface area (Å²) in [5, 5.41) is 18.1. The van der Waals surface area contributed by atoms with Gasteiger partial charge in [0, 0.05) is 0 Å². The van der Waals surface area contributed by atoms with Gasteiger partial charge < -0.3 is 5.11 Å². The molecular weight excluding hydrogens is 128 g/mol. The van der Waals surface area contributed by atoms with Gasteiger partial charge in [0.1, 0.15) is 5.44 Å². The molecule has 3 nitrogen and oxygen atoms in total. The first-order valence-electron chi connectivity index (χ1n) is 2.12. The lowest BCUT2D eigenvalue weighted by atomic mass is 10.8. The van der Waals surface area contributed by atoms with Crippen molar-refractivity contribution in [2.24, 2.45) is 0 Å². The summed E-state index contributed by atoms with van der Waals surface area (Å²) in [7, 11) is 0. The number of hydrogen-bond donors (Lipinski definition) is 1. The lowest BCUT2D eigenvalue weighted by molar-refractivity contribution is -0.133. The number of rotatable bonds is 3. The molecule has 0 aliphatic carbocycles. The molecular formula is C4H7O3S. The average molecular weight is 135 g/mol. The second kappa shape index (κ2) is 3.74. The molecule has 0 aliphatic heterocycles. The summed E-state index contributed by atoms with van der Waals surface area (Å²) in [4.78, 5) is 9.74. The topological polar surface area (TPSA) is 57.2 Å². The van der Waals surface area contributed by atoms with E-state index in [4.69, 9.17) is 5.11 Å². The van der Waals surface area contributed by atoms with Crippen LogP contribution in [0.25, 0.3) is 0 Å². The molecule has 1 unspecified atom stereocenters. The zero-order valence-corrected chi connectivity index (χ0v) is 5.27. The fourth-order valence-electron chi connectivity index (χ4n) is 0.189. The number of thioether (sulfide) groups is 1. The van der Waals surface area contributed by atoms with Gasteiger partial charge in [-0.2, -0.15) is 0 Å². The van der Waals surface area contributed by atoms with Crippen LogP contribution in [0.3, 0.4) is 0 Å². The molecule has 0 aromatic heterocycles. The number of carboxylic acids is 1. The molecule has 0 heterocycles. The van der Waals surface area contributed by atoms with Crippen LogP contribution in [0.1, 0.15) is 6.92 Å². The minimum Gasteiger partial charge on any atom is -0.481 e. The van der Waals surface area contributed by atoms with Crippen LogP contribution in [0.2, 0.25) is 0 Å². The van der Waals surface area contributed by atoms with E-state index < -0.39 is 11.4 Å². The van der Waals surface area contributed by atoms with E-state index in [2.05, 4.69) is 0 Å². The van der Waals surface area contributed by atoms with Crippen LogP contribution < -0.4 is 0 Å². The van der Waals surface area contributed by atoms with E-state index in [1.807, 2.05) is 0 Å². The summed E-state index contributed by atoms with van der Waals surface area (Å²) in [6.45, 7) is 1.42. The zero-order chi connectivity index (χ0) is 6.57. The van der Waals surface area contributed by atoms with Crippen molar-refractivity contribution in [3.05, 3.63) is 0 Å². The monoisotopic (exact) mass is 135 g/mol. The molecule has 0 aromatic carbocycles. The molecule has 0 spiro atoms. The van der Waals surface area contributed by atoms with Crippen LogP contribution in [-0.2, 0) is 9.90 Å². The SMILES string of the molecule is CC([O])SCC(=O)O. The highest BCUT2D eigenvalue weighted by atomic mass is 32.2. The molecule has 0 aliphatic rings. The van der Waals surface area contributed by atoms with Gasteiger partial charge >= 0.3 is 5.97 Å². The largest absolute Gasteiger partial charge is 0.481 e. The molecule has 0 saturated carbocycles. The minimum absolute atomic E-state index is 0.0926. The third kappa shape index (κ3) is 5.78. The minimum atomic E-state index is -0.933. The first-order valence-corrected chi connectivity index (χ1v) is 3.17. The Morgan fingerprint density at radius 2 is 2.38 bits per heavy atom. The quantitative estimate of drug-likeness (QED) is 0.576. The van der Waals surface area contributed by atoms with Crippen LogP contribution in [0.15, 0.2) is 0 Å². The second-order valence-electron chi connectivity index (χ2n) is 1.27. The van der Waals surface area contributed by atoms with E-state index in [0.717, 1.165) is 11.8 Å². The third-order valence-electron chi connectivity index (χ3n) is 0.442. The molecule has 0 aromatic rings. The first-order chi connectivity index (χ1) is 3.63. The van der Waals surface area contributed by atoms with Crippen molar-refractivity contribution < 1.29 is 15.0 Å². The second-order valence-corrected chi connectivity index (χ2v) is 2.56. The van der Waals surface area contributed by atoms with Crippen molar-refractivity contribution >= 4 is 17.7 Å². The van der Waals surface area contributed by atoms with E-state index in [1.54, 1.807) is 0 Å². The predicted molar refractivity (Wildman–Crippen MR) is 30.2 cm³/mol.